The van der Waals surface area contributed by atoms with E-state index in [4.69, 9.17) is 16.3 Å². The second-order valence-electron chi connectivity index (χ2n) is 4.77. The quantitative estimate of drug-likeness (QED) is 0.763. The van der Waals surface area contributed by atoms with Gasteiger partial charge in [-0.25, -0.2) is 0 Å². The topological polar surface area (TPSA) is 26.3 Å². The summed E-state index contributed by atoms with van der Waals surface area (Å²) < 4.78 is 6.51. The van der Waals surface area contributed by atoms with E-state index in [1.807, 2.05) is 30.3 Å². The van der Waals surface area contributed by atoms with Crippen molar-refractivity contribution in [3.05, 3.63) is 62.6 Å². The molecule has 102 valence electrons. The van der Waals surface area contributed by atoms with Crippen molar-refractivity contribution in [3.8, 4) is 5.75 Å². The lowest BCUT2D eigenvalue weighted by Crippen LogP contribution is -2.06. The second-order valence-corrected chi connectivity index (χ2v) is 6.12. The number of Topliss-reactive ketones (excluding diaryl/α,β-unsaturated/α-hetero) is 1. The first-order valence-electron chi connectivity index (χ1n) is 6.36. The van der Waals surface area contributed by atoms with Crippen LogP contribution in [0.15, 0.2) is 40.9 Å². The summed E-state index contributed by atoms with van der Waals surface area (Å²) in [5.74, 6) is 0.784. The number of halogens is 2. The molecule has 2 aromatic carbocycles. The zero-order chi connectivity index (χ0) is 14.1. The molecule has 2 nitrogen and oxygen atoms in total. The van der Waals surface area contributed by atoms with Gasteiger partial charge >= 0.3 is 0 Å². The van der Waals surface area contributed by atoms with E-state index in [2.05, 4.69) is 15.9 Å². The molecular weight excluding hydrogens is 340 g/mol. The van der Waals surface area contributed by atoms with Crippen molar-refractivity contribution in [1.29, 1.82) is 0 Å². The van der Waals surface area contributed by atoms with Crippen molar-refractivity contribution in [2.75, 3.05) is 6.61 Å². The highest BCUT2D eigenvalue weighted by Gasteiger charge is 2.21. The number of benzene rings is 2. The number of hydrogen-bond acceptors (Lipinski definition) is 2. The van der Waals surface area contributed by atoms with Crippen LogP contribution >= 0.6 is 27.5 Å². The molecule has 4 heteroatoms. The van der Waals surface area contributed by atoms with Gasteiger partial charge < -0.3 is 4.74 Å². The lowest BCUT2D eigenvalue weighted by Gasteiger charge is -2.08. The molecule has 0 atom stereocenters. The van der Waals surface area contributed by atoms with Gasteiger partial charge in [0.1, 0.15) is 5.75 Å². The van der Waals surface area contributed by atoms with Crippen molar-refractivity contribution in [3.63, 3.8) is 0 Å². The van der Waals surface area contributed by atoms with Crippen LogP contribution in [0.2, 0.25) is 5.02 Å². The Hall–Kier alpha value is -1.32. The lowest BCUT2D eigenvalue weighted by atomic mass is 10.00. The van der Waals surface area contributed by atoms with E-state index in [1.165, 1.54) is 0 Å². The molecule has 0 spiro atoms. The summed E-state index contributed by atoms with van der Waals surface area (Å²) in [6.07, 6.45) is 1.18. The molecule has 20 heavy (non-hydrogen) atoms. The standard InChI is InChI=1S/C16H12BrClO2/c17-12-8-11-4-5-20-16(11)14(9-12)15(19)7-10-2-1-3-13(18)6-10/h1-3,6,8-9H,4-5,7H2. The van der Waals surface area contributed by atoms with E-state index in [0.29, 0.717) is 23.6 Å². The predicted molar refractivity (Wildman–Crippen MR) is 82.8 cm³/mol. The Balaban J connectivity index is 1.92. The molecule has 0 amide bonds. The van der Waals surface area contributed by atoms with Crippen LogP contribution in [0.3, 0.4) is 0 Å². The number of hydrogen-bond donors (Lipinski definition) is 0. The minimum absolute atomic E-state index is 0.0479. The van der Waals surface area contributed by atoms with Crippen LogP contribution in [0.1, 0.15) is 21.5 Å². The summed E-state index contributed by atoms with van der Waals surface area (Å²) in [4.78, 5) is 12.5. The highest BCUT2D eigenvalue weighted by molar-refractivity contribution is 9.10. The highest BCUT2D eigenvalue weighted by Crippen LogP contribution is 2.33. The van der Waals surface area contributed by atoms with Crippen LogP contribution in [0.4, 0.5) is 0 Å². The molecular formula is C16H12BrClO2. The highest BCUT2D eigenvalue weighted by atomic mass is 79.9. The molecule has 1 aliphatic rings. The summed E-state index contributed by atoms with van der Waals surface area (Å²) >= 11 is 9.40. The summed E-state index contributed by atoms with van der Waals surface area (Å²) in [5.41, 5.74) is 2.65. The number of ether oxygens (including phenoxy) is 1. The first-order chi connectivity index (χ1) is 9.63. The van der Waals surface area contributed by atoms with Crippen LogP contribution in [-0.2, 0) is 12.8 Å². The molecule has 0 saturated heterocycles. The fourth-order valence-corrected chi connectivity index (χ4v) is 3.12. The van der Waals surface area contributed by atoms with E-state index >= 15 is 0 Å². The van der Waals surface area contributed by atoms with E-state index in [0.717, 1.165) is 27.8 Å². The van der Waals surface area contributed by atoms with Crippen molar-refractivity contribution >= 4 is 33.3 Å². The van der Waals surface area contributed by atoms with Crippen molar-refractivity contribution in [2.45, 2.75) is 12.8 Å². The Morgan fingerprint density at radius 1 is 1.30 bits per heavy atom. The minimum Gasteiger partial charge on any atom is -0.492 e. The number of carbonyl (C=O) groups excluding carboxylic acids is 1. The average Bonchev–Trinajstić information content (AvgIpc) is 2.85. The molecule has 0 radical (unpaired) electrons. The molecule has 0 fully saturated rings. The fraction of sp³-hybridized carbons (Fsp3) is 0.188. The van der Waals surface area contributed by atoms with Gasteiger partial charge in [0.25, 0.3) is 0 Å². The van der Waals surface area contributed by atoms with Crippen LogP contribution in [0.5, 0.6) is 5.75 Å². The third-order valence-electron chi connectivity index (χ3n) is 3.30. The summed E-state index contributed by atoms with van der Waals surface area (Å²) in [6, 6.07) is 11.2. The maximum absolute atomic E-state index is 12.5. The van der Waals surface area contributed by atoms with Gasteiger partial charge in [-0.1, -0.05) is 39.7 Å². The number of carbonyl (C=O) groups is 1. The van der Waals surface area contributed by atoms with Gasteiger partial charge in [0.15, 0.2) is 5.78 Å². The molecule has 0 N–H and O–H groups in total. The second kappa shape index (κ2) is 5.58. The molecule has 0 unspecified atom stereocenters. The van der Waals surface area contributed by atoms with Gasteiger partial charge in [0.05, 0.1) is 12.2 Å². The average molecular weight is 352 g/mol. The zero-order valence-electron chi connectivity index (χ0n) is 10.7. The summed E-state index contributed by atoms with van der Waals surface area (Å²) in [7, 11) is 0. The van der Waals surface area contributed by atoms with Gasteiger partial charge in [0.2, 0.25) is 0 Å². The van der Waals surface area contributed by atoms with E-state index in [9.17, 15) is 4.79 Å². The molecule has 1 heterocycles. The normalized spacial score (nSPS) is 12.9. The van der Waals surface area contributed by atoms with Crippen molar-refractivity contribution in [2.24, 2.45) is 0 Å². The maximum Gasteiger partial charge on any atom is 0.171 e. The predicted octanol–water partition coefficient (Wildman–Crippen LogP) is 4.46. The van der Waals surface area contributed by atoms with Crippen LogP contribution in [0.25, 0.3) is 0 Å². The smallest absolute Gasteiger partial charge is 0.171 e. The van der Waals surface area contributed by atoms with Crippen LogP contribution in [-0.4, -0.2) is 12.4 Å². The third-order valence-corrected chi connectivity index (χ3v) is 4.00. The Bertz CT molecular complexity index is 682. The summed E-state index contributed by atoms with van der Waals surface area (Å²) in [5, 5.41) is 0.644. The van der Waals surface area contributed by atoms with Gasteiger partial charge in [-0.3, -0.25) is 4.79 Å². The molecule has 1 aliphatic heterocycles. The molecule has 2 aromatic rings. The first-order valence-corrected chi connectivity index (χ1v) is 7.53. The number of ketones is 1. The Morgan fingerprint density at radius 2 is 2.15 bits per heavy atom. The Labute approximate surface area is 130 Å². The molecule has 3 rings (SSSR count). The van der Waals surface area contributed by atoms with Gasteiger partial charge in [0, 0.05) is 22.3 Å². The van der Waals surface area contributed by atoms with E-state index in [1.54, 1.807) is 6.07 Å². The molecule has 0 aliphatic carbocycles. The molecule has 0 bridgehead atoms. The number of fused-ring (bicyclic) bond motifs is 1. The third kappa shape index (κ3) is 2.74. The Kier molecular flexibility index (Phi) is 3.81. The first kappa shape index (κ1) is 13.7. The van der Waals surface area contributed by atoms with Gasteiger partial charge in [-0.15, -0.1) is 0 Å². The maximum atomic E-state index is 12.5. The number of rotatable bonds is 3. The van der Waals surface area contributed by atoms with Gasteiger partial charge in [-0.05, 0) is 35.4 Å². The molecule has 0 saturated carbocycles. The van der Waals surface area contributed by atoms with Crippen LogP contribution < -0.4 is 4.74 Å². The SMILES string of the molecule is O=C(Cc1cccc(Cl)c1)c1cc(Br)cc2c1OCC2. The van der Waals surface area contributed by atoms with Crippen LogP contribution in [0, 0.1) is 0 Å². The van der Waals surface area contributed by atoms with E-state index in [-0.39, 0.29) is 5.78 Å². The van der Waals surface area contributed by atoms with Crippen molar-refractivity contribution in [1.82, 2.24) is 0 Å². The largest absolute Gasteiger partial charge is 0.492 e. The molecule has 0 aromatic heterocycles. The summed E-state index contributed by atoms with van der Waals surface area (Å²) in [6.45, 7) is 0.642. The van der Waals surface area contributed by atoms with Gasteiger partial charge in [-0.2, -0.15) is 0 Å². The van der Waals surface area contributed by atoms with Crippen molar-refractivity contribution < 1.29 is 9.53 Å². The lowest BCUT2D eigenvalue weighted by molar-refractivity contribution is 0.0990. The fourth-order valence-electron chi connectivity index (χ4n) is 2.40. The minimum atomic E-state index is 0.0479. The monoisotopic (exact) mass is 350 g/mol. The van der Waals surface area contributed by atoms with E-state index < -0.39 is 0 Å². The Morgan fingerprint density at radius 3 is 2.95 bits per heavy atom. The zero-order valence-corrected chi connectivity index (χ0v) is 13.0.